The number of aliphatic hydroxyl groups is 4. The van der Waals surface area contributed by atoms with Crippen molar-refractivity contribution in [2.75, 3.05) is 0 Å². The molecule has 1 saturated heterocycles. The zero-order chi connectivity index (χ0) is 32.3. The van der Waals surface area contributed by atoms with Gasteiger partial charge in [0.1, 0.15) is 12.2 Å². The molecule has 1 fully saturated rings. The van der Waals surface area contributed by atoms with Crippen LogP contribution in [0.15, 0.2) is 48.6 Å². The Kier molecular flexibility index (Phi) is 15.7. The zero-order valence-corrected chi connectivity index (χ0v) is 26.6. The van der Waals surface area contributed by atoms with Gasteiger partial charge in [0.25, 0.3) is 0 Å². The molecular weight excluding hydrogens is 538 g/mol. The Labute approximate surface area is 252 Å². The van der Waals surface area contributed by atoms with Crippen molar-refractivity contribution in [1.82, 2.24) is 0 Å². The lowest BCUT2D eigenvalue weighted by Gasteiger charge is -2.36. The number of hydrogen-bond acceptors (Lipinski definition) is 8. The highest BCUT2D eigenvalue weighted by Crippen LogP contribution is 2.30. The number of amides is 1. The highest BCUT2D eigenvalue weighted by atomic mass is 16.6. The lowest BCUT2D eigenvalue weighted by Crippen LogP contribution is -2.47. The predicted octanol–water partition coefficient (Wildman–Crippen LogP) is 4.30. The van der Waals surface area contributed by atoms with Crippen LogP contribution in [0.5, 0.6) is 0 Å². The molecule has 0 aromatic rings. The highest BCUT2D eigenvalue weighted by Gasteiger charge is 2.41. The van der Waals surface area contributed by atoms with Gasteiger partial charge in [-0.2, -0.15) is 0 Å². The number of allylic oxidation sites excluding steroid dienone is 3. The molecule has 9 heteroatoms. The molecule has 1 rings (SSSR count). The van der Waals surface area contributed by atoms with Crippen LogP contribution in [-0.2, 0) is 14.3 Å². The summed E-state index contributed by atoms with van der Waals surface area (Å²) in [5.41, 5.74) is 6.30. The number of cyclic esters (lactones) is 1. The molecule has 6 N–H and O–H groups in total. The van der Waals surface area contributed by atoms with Gasteiger partial charge in [-0.15, -0.1) is 0 Å². The fourth-order valence-corrected chi connectivity index (χ4v) is 5.80. The van der Waals surface area contributed by atoms with E-state index in [0.29, 0.717) is 6.42 Å². The third kappa shape index (κ3) is 11.3. The lowest BCUT2D eigenvalue weighted by atomic mass is 9.81. The lowest BCUT2D eigenvalue weighted by molar-refractivity contribution is -0.179. The van der Waals surface area contributed by atoms with E-state index in [1.165, 1.54) is 0 Å². The van der Waals surface area contributed by atoms with E-state index in [9.17, 15) is 30.0 Å². The van der Waals surface area contributed by atoms with Gasteiger partial charge in [-0.25, -0.2) is 4.79 Å². The molecule has 0 spiro atoms. The van der Waals surface area contributed by atoms with Gasteiger partial charge in [0.2, 0.25) is 0 Å². The molecule has 1 aliphatic rings. The zero-order valence-electron chi connectivity index (χ0n) is 26.6. The maximum atomic E-state index is 12.0. The number of hydrogen-bond donors (Lipinski definition) is 5. The molecule has 240 valence electrons. The second kappa shape index (κ2) is 17.6. The Bertz CT molecular complexity index is 962. The first-order valence-corrected chi connectivity index (χ1v) is 15.0. The summed E-state index contributed by atoms with van der Waals surface area (Å²) in [5.74, 6) is -2.52. The van der Waals surface area contributed by atoms with Crippen LogP contribution in [0.1, 0.15) is 68.2 Å². The highest BCUT2D eigenvalue weighted by molar-refractivity contribution is 5.73. The summed E-state index contributed by atoms with van der Waals surface area (Å²) in [6.07, 6.45) is 6.04. The first kappa shape index (κ1) is 37.6. The Morgan fingerprint density at radius 2 is 1.64 bits per heavy atom. The van der Waals surface area contributed by atoms with Gasteiger partial charge in [-0.3, -0.25) is 4.79 Å². The normalized spacial score (nSPS) is 28.3. The molecule has 1 heterocycles. The summed E-state index contributed by atoms with van der Waals surface area (Å²) in [5, 5.41) is 42.8. The molecule has 1 aliphatic heterocycles. The van der Waals surface area contributed by atoms with E-state index in [4.69, 9.17) is 15.2 Å². The number of nitrogens with two attached hydrogens (primary N) is 1. The minimum atomic E-state index is -0.894. The van der Waals surface area contributed by atoms with Gasteiger partial charge in [-0.1, -0.05) is 90.2 Å². The molecule has 0 aliphatic carbocycles. The third-order valence-corrected chi connectivity index (χ3v) is 8.62. The molecular formula is C33H55NO8. The van der Waals surface area contributed by atoms with Crippen molar-refractivity contribution in [1.29, 1.82) is 0 Å². The van der Waals surface area contributed by atoms with E-state index in [0.717, 1.165) is 5.57 Å². The number of ether oxygens (including phenoxy) is 2. The third-order valence-electron chi connectivity index (χ3n) is 8.62. The van der Waals surface area contributed by atoms with Crippen LogP contribution in [0.3, 0.4) is 0 Å². The molecule has 1 amide bonds. The van der Waals surface area contributed by atoms with Crippen molar-refractivity contribution < 1.29 is 39.5 Å². The monoisotopic (exact) mass is 593 g/mol. The van der Waals surface area contributed by atoms with E-state index in [2.05, 4.69) is 6.58 Å². The van der Waals surface area contributed by atoms with Crippen LogP contribution < -0.4 is 5.73 Å². The average Bonchev–Trinajstić information content (AvgIpc) is 2.93. The van der Waals surface area contributed by atoms with E-state index in [-0.39, 0.29) is 41.9 Å². The smallest absolute Gasteiger partial charge is 0.404 e. The number of aliphatic hydroxyl groups excluding tert-OH is 4. The summed E-state index contributed by atoms with van der Waals surface area (Å²) in [6.45, 7) is 18.5. The van der Waals surface area contributed by atoms with Crippen molar-refractivity contribution in [3.8, 4) is 0 Å². The average molecular weight is 594 g/mol. The molecule has 42 heavy (non-hydrogen) atoms. The van der Waals surface area contributed by atoms with Crippen molar-refractivity contribution in [3.05, 3.63) is 48.6 Å². The fourth-order valence-electron chi connectivity index (χ4n) is 5.80. The van der Waals surface area contributed by atoms with E-state index in [1.54, 1.807) is 38.2 Å². The van der Waals surface area contributed by atoms with Gasteiger partial charge in [0.05, 0.1) is 30.3 Å². The number of rotatable bonds is 16. The van der Waals surface area contributed by atoms with Gasteiger partial charge in [0.15, 0.2) is 0 Å². The summed E-state index contributed by atoms with van der Waals surface area (Å²) in [7, 11) is 0. The SMILES string of the molecule is C=C/C=C\[C@H](C)[C@H](OC(N)=O)[C@H](C)[C@H](O)[C@@H](C)C/C(C)=C\[C@H](C)[C@@H](O)[C@@H](C)/C=C\[C@@H](O)C[C@@H]1OC(=O)[C@H](C)[C@@H](O)[C@H]1C. The number of carbonyl (C=O) groups excluding carboxylic acids is 2. The van der Waals surface area contributed by atoms with Gasteiger partial charge in [0, 0.05) is 36.0 Å². The van der Waals surface area contributed by atoms with Crippen LogP contribution >= 0.6 is 0 Å². The van der Waals surface area contributed by atoms with Crippen LogP contribution in [-0.4, -0.2) is 69.1 Å². The van der Waals surface area contributed by atoms with Gasteiger partial charge >= 0.3 is 12.1 Å². The van der Waals surface area contributed by atoms with E-state index in [1.807, 2.05) is 53.7 Å². The summed E-state index contributed by atoms with van der Waals surface area (Å²) < 4.78 is 10.8. The summed E-state index contributed by atoms with van der Waals surface area (Å²) in [4.78, 5) is 23.5. The number of primary amides is 1. The Morgan fingerprint density at radius 1 is 1.02 bits per heavy atom. The minimum Gasteiger partial charge on any atom is -0.462 e. The Balaban J connectivity index is 2.76. The summed E-state index contributed by atoms with van der Waals surface area (Å²) >= 11 is 0. The maximum Gasteiger partial charge on any atom is 0.404 e. The molecule has 0 bridgehead atoms. The minimum absolute atomic E-state index is 0.152. The van der Waals surface area contributed by atoms with E-state index < -0.39 is 54.6 Å². The molecule has 13 atom stereocenters. The van der Waals surface area contributed by atoms with Crippen molar-refractivity contribution >= 4 is 12.1 Å². The van der Waals surface area contributed by atoms with Crippen molar-refractivity contribution in [2.24, 2.45) is 47.2 Å². The first-order valence-electron chi connectivity index (χ1n) is 15.0. The topological polar surface area (TPSA) is 160 Å². The van der Waals surface area contributed by atoms with Crippen LogP contribution in [0.4, 0.5) is 4.79 Å². The molecule has 9 nitrogen and oxygen atoms in total. The second-order valence-electron chi connectivity index (χ2n) is 12.4. The van der Waals surface area contributed by atoms with Crippen LogP contribution in [0.25, 0.3) is 0 Å². The first-order chi connectivity index (χ1) is 19.5. The predicted molar refractivity (Wildman–Crippen MR) is 164 cm³/mol. The van der Waals surface area contributed by atoms with Crippen molar-refractivity contribution in [2.45, 2.75) is 105 Å². The Morgan fingerprint density at radius 3 is 2.21 bits per heavy atom. The molecule has 0 aromatic heterocycles. The molecule has 0 aromatic carbocycles. The standard InChI is InChI=1S/C33H55NO8/c1-10-11-12-20(4)31(42-33(34)40)24(8)29(37)22(6)16-18(2)15-21(5)28(36)19(3)13-14-26(35)17-27-23(7)30(38)25(9)32(39)41-27/h10-15,19-31,35-38H,1,16-17H2,2-9H3,(H2,34,40)/b12-11-,14-13-,18-15-/t19-,20-,21-,22-,23-,24+,25+,26+,27-,28-,29+,30-,31-/m0/s1. The van der Waals surface area contributed by atoms with Gasteiger partial charge < -0.3 is 35.6 Å². The molecule has 0 radical (unpaired) electrons. The summed E-state index contributed by atoms with van der Waals surface area (Å²) in [6, 6.07) is 0. The molecule has 0 unspecified atom stereocenters. The van der Waals surface area contributed by atoms with Crippen LogP contribution in [0.2, 0.25) is 0 Å². The number of carbonyl (C=O) groups is 2. The van der Waals surface area contributed by atoms with Gasteiger partial charge in [-0.05, 0) is 26.2 Å². The number of esters is 1. The van der Waals surface area contributed by atoms with Crippen molar-refractivity contribution in [3.63, 3.8) is 0 Å². The van der Waals surface area contributed by atoms with E-state index >= 15 is 0 Å². The second-order valence-corrected chi connectivity index (χ2v) is 12.4. The Hall–Kier alpha value is -2.46. The quantitative estimate of drug-likeness (QED) is 0.101. The molecule has 0 saturated carbocycles. The van der Waals surface area contributed by atoms with Crippen LogP contribution in [0, 0.1) is 41.4 Å². The fraction of sp³-hybridized carbons (Fsp3) is 0.697. The maximum absolute atomic E-state index is 12.0. The largest absolute Gasteiger partial charge is 0.462 e.